The topological polar surface area (TPSA) is 46.9 Å². The lowest BCUT2D eigenvalue weighted by Crippen LogP contribution is -2.12. The van der Waals surface area contributed by atoms with Crippen molar-refractivity contribution in [3.63, 3.8) is 0 Å². The Morgan fingerprint density at radius 1 is 1.05 bits per heavy atom. The molecule has 0 atom stereocenters. The second kappa shape index (κ2) is 5.81. The van der Waals surface area contributed by atoms with Crippen LogP contribution in [-0.2, 0) is 0 Å². The number of rotatable bonds is 3. The maximum atomic E-state index is 12.2. The van der Waals surface area contributed by atoms with Gasteiger partial charge in [0, 0.05) is 29.8 Å². The maximum absolute atomic E-state index is 12.2. The van der Waals surface area contributed by atoms with Crippen LogP contribution in [0, 0.1) is 0 Å². The monoisotopic (exact) mass is 297 g/mol. The molecule has 0 saturated heterocycles. The van der Waals surface area contributed by atoms with Crippen molar-refractivity contribution in [3.05, 3.63) is 77.8 Å². The van der Waals surface area contributed by atoms with Gasteiger partial charge in [-0.25, -0.2) is 4.98 Å². The number of benzene rings is 1. The average Bonchev–Trinajstić information content (AvgIpc) is 3.04. The van der Waals surface area contributed by atoms with Gasteiger partial charge in [-0.05, 0) is 48.5 Å². The third-order valence-corrected chi connectivity index (χ3v) is 3.34. The molecule has 0 fully saturated rings. The van der Waals surface area contributed by atoms with E-state index in [1.807, 2.05) is 41.2 Å². The molecule has 1 aromatic carbocycles. The molecule has 4 nitrogen and oxygen atoms in total. The molecule has 0 unspecified atom stereocenters. The molecule has 5 heteroatoms. The van der Waals surface area contributed by atoms with Crippen LogP contribution >= 0.6 is 11.6 Å². The fourth-order valence-corrected chi connectivity index (χ4v) is 2.13. The minimum absolute atomic E-state index is 0.219. The van der Waals surface area contributed by atoms with Gasteiger partial charge >= 0.3 is 0 Å². The molecule has 3 rings (SSSR count). The summed E-state index contributed by atoms with van der Waals surface area (Å²) in [5.74, 6) is -0.219. The molecule has 0 aliphatic rings. The summed E-state index contributed by atoms with van der Waals surface area (Å²) < 4.78 is 1.97. The first-order valence-electron chi connectivity index (χ1n) is 6.39. The second-order valence-corrected chi connectivity index (χ2v) is 4.79. The number of halogens is 1. The van der Waals surface area contributed by atoms with Crippen molar-refractivity contribution < 1.29 is 4.79 Å². The third-order valence-electron chi connectivity index (χ3n) is 3.04. The SMILES string of the molecule is O=C(Nc1cccnc1Cl)c1ccc(-n2cccc2)cc1. The van der Waals surface area contributed by atoms with E-state index >= 15 is 0 Å². The molecule has 2 heterocycles. The number of hydrogen-bond acceptors (Lipinski definition) is 2. The Balaban J connectivity index is 1.78. The van der Waals surface area contributed by atoms with Crippen LogP contribution in [0.15, 0.2) is 67.1 Å². The molecule has 1 amide bonds. The Hall–Kier alpha value is -2.59. The number of anilines is 1. The van der Waals surface area contributed by atoms with Crippen molar-refractivity contribution in [1.82, 2.24) is 9.55 Å². The van der Waals surface area contributed by atoms with Gasteiger partial charge in [0.05, 0.1) is 5.69 Å². The summed E-state index contributed by atoms with van der Waals surface area (Å²) in [7, 11) is 0. The predicted octanol–water partition coefficient (Wildman–Crippen LogP) is 3.78. The standard InChI is InChI=1S/C16H12ClN3O/c17-15-14(4-3-9-18-15)19-16(21)12-5-7-13(8-6-12)20-10-1-2-11-20/h1-11H,(H,19,21). The summed E-state index contributed by atoms with van der Waals surface area (Å²) in [6.45, 7) is 0. The predicted molar refractivity (Wildman–Crippen MR) is 83.0 cm³/mol. The summed E-state index contributed by atoms with van der Waals surface area (Å²) in [6.07, 6.45) is 5.47. The maximum Gasteiger partial charge on any atom is 0.255 e. The van der Waals surface area contributed by atoms with Crippen LogP contribution in [0.5, 0.6) is 0 Å². The van der Waals surface area contributed by atoms with Gasteiger partial charge in [0.25, 0.3) is 5.91 Å². The molecule has 0 saturated carbocycles. The lowest BCUT2D eigenvalue weighted by atomic mass is 10.2. The van der Waals surface area contributed by atoms with E-state index in [9.17, 15) is 4.79 Å². The Kier molecular flexibility index (Phi) is 3.71. The minimum Gasteiger partial charge on any atom is -0.324 e. The highest BCUT2D eigenvalue weighted by Gasteiger charge is 2.08. The minimum atomic E-state index is -0.219. The molecule has 21 heavy (non-hydrogen) atoms. The van der Waals surface area contributed by atoms with Crippen molar-refractivity contribution in [2.75, 3.05) is 5.32 Å². The van der Waals surface area contributed by atoms with Crippen LogP contribution in [0.3, 0.4) is 0 Å². The number of aromatic nitrogens is 2. The lowest BCUT2D eigenvalue weighted by Gasteiger charge is -2.07. The summed E-state index contributed by atoms with van der Waals surface area (Å²) >= 11 is 5.92. The Bertz CT molecular complexity index is 751. The zero-order valence-corrected chi connectivity index (χ0v) is 11.8. The molecule has 0 aliphatic heterocycles. The number of hydrogen-bond donors (Lipinski definition) is 1. The van der Waals surface area contributed by atoms with Crippen LogP contribution < -0.4 is 5.32 Å². The van der Waals surface area contributed by atoms with Gasteiger partial charge in [0.1, 0.15) is 0 Å². The number of pyridine rings is 1. The fraction of sp³-hybridized carbons (Fsp3) is 0. The highest BCUT2D eigenvalue weighted by molar-refractivity contribution is 6.32. The number of nitrogens with zero attached hydrogens (tertiary/aromatic N) is 2. The van der Waals surface area contributed by atoms with Crippen LogP contribution in [0.2, 0.25) is 5.15 Å². The van der Waals surface area contributed by atoms with Crippen molar-refractivity contribution in [3.8, 4) is 5.69 Å². The molecule has 104 valence electrons. The van der Waals surface area contributed by atoms with Crippen LogP contribution in [0.4, 0.5) is 5.69 Å². The van der Waals surface area contributed by atoms with Gasteiger partial charge in [-0.2, -0.15) is 0 Å². The number of nitrogens with one attached hydrogen (secondary N) is 1. The molecule has 2 aromatic heterocycles. The zero-order valence-electron chi connectivity index (χ0n) is 11.0. The van der Waals surface area contributed by atoms with E-state index in [1.165, 1.54) is 0 Å². The lowest BCUT2D eigenvalue weighted by molar-refractivity contribution is 0.102. The first kappa shape index (κ1) is 13.4. The molecular weight excluding hydrogens is 286 g/mol. The van der Waals surface area contributed by atoms with Crippen molar-refractivity contribution in [2.45, 2.75) is 0 Å². The highest BCUT2D eigenvalue weighted by Crippen LogP contribution is 2.19. The van der Waals surface area contributed by atoms with E-state index in [-0.39, 0.29) is 11.1 Å². The largest absolute Gasteiger partial charge is 0.324 e. The zero-order chi connectivity index (χ0) is 14.7. The van der Waals surface area contributed by atoms with Gasteiger partial charge < -0.3 is 9.88 Å². The first-order chi connectivity index (χ1) is 10.2. The fourth-order valence-electron chi connectivity index (χ4n) is 1.97. The van der Waals surface area contributed by atoms with E-state index in [0.29, 0.717) is 11.3 Å². The van der Waals surface area contributed by atoms with Crippen molar-refractivity contribution in [1.29, 1.82) is 0 Å². The van der Waals surface area contributed by atoms with Gasteiger partial charge in [0.2, 0.25) is 0 Å². The molecule has 3 aromatic rings. The number of carbonyl (C=O) groups is 1. The van der Waals surface area contributed by atoms with Crippen LogP contribution in [-0.4, -0.2) is 15.5 Å². The van der Waals surface area contributed by atoms with Gasteiger partial charge in [0.15, 0.2) is 5.15 Å². The summed E-state index contributed by atoms with van der Waals surface area (Å²) in [4.78, 5) is 16.1. The molecule has 0 bridgehead atoms. The van der Waals surface area contributed by atoms with Crippen molar-refractivity contribution >= 4 is 23.2 Å². The summed E-state index contributed by atoms with van der Waals surface area (Å²) in [5.41, 5.74) is 2.06. The molecule has 0 radical (unpaired) electrons. The number of amides is 1. The van der Waals surface area contributed by atoms with Gasteiger partial charge in [-0.3, -0.25) is 4.79 Å². The van der Waals surface area contributed by atoms with Gasteiger partial charge in [-0.1, -0.05) is 11.6 Å². The average molecular weight is 298 g/mol. The quantitative estimate of drug-likeness (QED) is 0.748. The van der Waals surface area contributed by atoms with E-state index in [0.717, 1.165) is 5.69 Å². The van der Waals surface area contributed by atoms with E-state index in [1.54, 1.807) is 30.5 Å². The summed E-state index contributed by atoms with van der Waals surface area (Å²) in [6, 6.07) is 14.7. The van der Waals surface area contributed by atoms with Crippen LogP contribution in [0.1, 0.15) is 10.4 Å². The molecule has 1 N–H and O–H groups in total. The van der Waals surface area contributed by atoms with E-state index < -0.39 is 0 Å². The molecule has 0 aliphatic carbocycles. The van der Waals surface area contributed by atoms with E-state index in [4.69, 9.17) is 11.6 Å². The van der Waals surface area contributed by atoms with E-state index in [2.05, 4.69) is 10.3 Å². The Morgan fingerprint density at radius 2 is 1.76 bits per heavy atom. The third kappa shape index (κ3) is 2.95. The summed E-state index contributed by atoms with van der Waals surface area (Å²) in [5, 5.41) is 3.01. The molecule has 0 spiro atoms. The second-order valence-electron chi connectivity index (χ2n) is 4.43. The Morgan fingerprint density at radius 3 is 2.43 bits per heavy atom. The molecular formula is C16H12ClN3O. The first-order valence-corrected chi connectivity index (χ1v) is 6.77. The van der Waals surface area contributed by atoms with Crippen molar-refractivity contribution in [2.24, 2.45) is 0 Å². The number of carbonyl (C=O) groups excluding carboxylic acids is 1. The van der Waals surface area contributed by atoms with Gasteiger partial charge in [-0.15, -0.1) is 0 Å². The smallest absolute Gasteiger partial charge is 0.255 e. The van der Waals surface area contributed by atoms with Crippen LogP contribution in [0.25, 0.3) is 5.69 Å². The highest BCUT2D eigenvalue weighted by atomic mass is 35.5. The normalized spacial score (nSPS) is 10.3. The Labute approximate surface area is 127 Å².